The Kier molecular flexibility index (Phi) is 9.56. The van der Waals surface area contributed by atoms with Crippen LogP contribution in [0, 0.1) is 11.8 Å². The molecule has 22 heavy (non-hydrogen) atoms. The summed E-state index contributed by atoms with van der Waals surface area (Å²) in [5.74, 6) is -2.90. The summed E-state index contributed by atoms with van der Waals surface area (Å²) in [4.78, 5) is 45.1. The molecule has 0 heterocycles. The summed E-state index contributed by atoms with van der Waals surface area (Å²) in [6.45, 7) is 6.88. The Bertz CT molecular complexity index is 368. The number of nitrogens with one attached hydrogen (secondary N) is 2. The molecular weight excluding hydrogens is 292 g/mol. The predicted octanol–water partition coefficient (Wildman–Crippen LogP) is -0.383. The first-order chi connectivity index (χ1) is 10.3. The van der Waals surface area contributed by atoms with E-state index in [0.29, 0.717) is 0 Å². The van der Waals surface area contributed by atoms with Gasteiger partial charge in [0.05, 0.1) is 24.9 Å². The SMILES string of the molecule is CC(C)C(=O)OCCNC(=O)C(=O)NCCOC(=O)C(C)C. The molecule has 8 nitrogen and oxygen atoms in total. The molecule has 8 heteroatoms. The van der Waals surface area contributed by atoms with Crippen molar-refractivity contribution < 1.29 is 28.7 Å². The molecule has 0 fully saturated rings. The van der Waals surface area contributed by atoms with Crippen LogP contribution in [-0.2, 0) is 28.7 Å². The lowest BCUT2D eigenvalue weighted by Gasteiger charge is -2.09. The Hall–Kier alpha value is -2.12. The van der Waals surface area contributed by atoms with Gasteiger partial charge >= 0.3 is 23.8 Å². The normalized spacial score (nSPS) is 10.3. The van der Waals surface area contributed by atoms with Gasteiger partial charge in [0.1, 0.15) is 13.2 Å². The van der Waals surface area contributed by atoms with Crippen molar-refractivity contribution in [2.45, 2.75) is 27.7 Å². The minimum absolute atomic E-state index is 0.00202. The van der Waals surface area contributed by atoms with E-state index < -0.39 is 11.8 Å². The number of esters is 2. The molecule has 0 rings (SSSR count). The van der Waals surface area contributed by atoms with E-state index in [4.69, 9.17) is 9.47 Å². The summed E-state index contributed by atoms with van der Waals surface area (Å²) >= 11 is 0. The van der Waals surface area contributed by atoms with Gasteiger partial charge in [-0.25, -0.2) is 0 Å². The Balaban J connectivity index is 3.74. The molecule has 126 valence electrons. The highest BCUT2D eigenvalue weighted by atomic mass is 16.5. The van der Waals surface area contributed by atoms with Crippen LogP contribution in [0.5, 0.6) is 0 Å². The second-order valence-corrected chi connectivity index (χ2v) is 5.16. The van der Waals surface area contributed by atoms with Crippen LogP contribution in [0.25, 0.3) is 0 Å². The number of hydrogen-bond acceptors (Lipinski definition) is 6. The third-order valence-electron chi connectivity index (χ3n) is 2.41. The highest BCUT2D eigenvalue weighted by Crippen LogP contribution is 1.95. The van der Waals surface area contributed by atoms with Crippen molar-refractivity contribution in [3.63, 3.8) is 0 Å². The Morgan fingerprint density at radius 2 is 1.05 bits per heavy atom. The smallest absolute Gasteiger partial charge is 0.309 e. The average molecular weight is 316 g/mol. The molecule has 0 aliphatic carbocycles. The lowest BCUT2D eigenvalue weighted by atomic mass is 10.2. The van der Waals surface area contributed by atoms with Gasteiger partial charge in [0.15, 0.2) is 0 Å². The average Bonchev–Trinajstić information content (AvgIpc) is 2.46. The minimum Gasteiger partial charge on any atom is -0.464 e. The third kappa shape index (κ3) is 8.93. The van der Waals surface area contributed by atoms with Crippen LogP contribution in [-0.4, -0.2) is 50.1 Å². The molecule has 0 aromatic heterocycles. The van der Waals surface area contributed by atoms with Crippen LogP contribution < -0.4 is 10.6 Å². The topological polar surface area (TPSA) is 111 Å². The minimum atomic E-state index is -0.837. The molecule has 2 amide bonds. The van der Waals surface area contributed by atoms with E-state index in [-0.39, 0.29) is 50.1 Å². The number of ether oxygens (including phenoxy) is 2. The Morgan fingerprint density at radius 1 is 0.727 bits per heavy atom. The van der Waals surface area contributed by atoms with Crippen molar-refractivity contribution in [3.8, 4) is 0 Å². The molecule has 0 aliphatic rings. The molecule has 0 aromatic rings. The van der Waals surface area contributed by atoms with Crippen molar-refractivity contribution in [2.24, 2.45) is 11.8 Å². The van der Waals surface area contributed by atoms with Crippen LogP contribution >= 0.6 is 0 Å². The fourth-order valence-corrected chi connectivity index (χ4v) is 1.13. The Morgan fingerprint density at radius 3 is 1.32 bits per heavy atom. The molecule has 0 bridgehead atoms. The van der Waals surface area contributed by atoms with E-state index in [1.165, 1.54) is 0 Å². The van der Waals surface area contributed by atoms with E-state index >= 15 is 0 Å². The van der Waals surface area contributed by atoms with Gasteiger partial charge < -0.3 is 20.1 Å². The molecule has 0 spiro atoms. The summed E-state index contributed by atoms with van der Waals surface area (Å²) in [6, 6.07) is 0. The van der Waals surface area contributed by atoms with Gasteiger partial charge in [-0.05, 0) is 0 Å². The second-order valence-electron chi connectivity index (χ2n) is 5.16. The molecule has 2 N–H and O–H groups in total. The van der Waals surface area contributed by atoms with Crippen molar-refractivity contribution >= 4 is 23.8 Å². The number of carbonyl (C=O) groups is 4. The quantitative estimate of drug-likeness (QED) is 0.359. The van der Waals surface area contributed by atoms with Gasteiger partial charge in [-0.2, -0.15) is 0 Å². The molecule has 0 atom stereocenters. The van der Waals surface area contributed by atoms with Crippen molar-refractivity contribution in [1.82, 2.24) is 10.6 Å². The fraction of sp³-hybridized carbons (Fsp3) is 0.714. The van der Waals surface area contributed by atoms with Gasteiger partial charge in [-0.1, -0.05) is 27.7 Å². The van der Waals surface area contributed by atoms with Crippen molar-refractivity contribution in [2.75, 3.05) is 26.3 Å². The second kappa shape index (κ2) is 10.6. The summed E-state index contributed by atoms with van der Waals surface area (Å²) in [6.07, 6.45) is 0. The fourth-order valence-electron chi connectivity index (χ4n) is 1.13. The number of rotatable bonds is 8. The van der Waals surface area contributed by atoms with Crippen LogP contribution in [0.3, 0.4) is 0 Å². The van der Waals surface area contributed by atoms with Crippen LogP contribution in [0.4, 0.5) is 0 Å². The summed E-state index contributed by atoms with van der Waals surface area (Å²) in [7, 11) is 0. The lowest BCUT2D eigenvalue weighted by molar-refractivity contribution is -0.148. The molecule has 0 aliphatic heterocycles. The molecule has 0 saturated heterocycles. The highest BCUT2D eigenvalue weighted by Gasteiger charge is 2.14. The molecular formula is C14H24N2O6. The van der Waals surface area contributed by atoms with Crippen LogP contribution in [0.15, 0.2) is 0 Å². The zero-order chi connectivity index (χ0) is 17.1. The van der Waals surface area contributed by atoms with E-state index in [1.54, 1.807) is 27.7 Å². The largest absolute Gasteiger partial charge is 0.464 e. The third-order valence-corrected chi connectivity index (χ3v) is 2.41. The maximum absolute atomic E-state index is 11.4. The van der Waals surface area contributed by atoms with E-state index in [9.17, 15) is 19.2 Å². The predicted molar refractivity (Wildman–Crippen MR) is 77.6 cm³/mol. The number of carbonyl (C=O) groups excluding carboxylic acids is 4. The zero-order valence-corrected chi connectivity index (χ0v) is 13.4. The van der Waals surface area contributed by atoms with Gasteiger partial charge in [0.2, 0.25) is 0 Å². The first-order valence-corrected chi connectivity index (χ1v) is 7.15. The summed E-state index contributed by atoms with van der Waals surface area (Å²) in [5.41, 5.74) is 0. The first-order valence-electron chi connectivity index (χ1n) is 7.15. The maximum Gasteiger partial charge on any atom is 0.309 e. The molecule has 0 saturated carbocycles. The standard InChI is InChI=1S/C14H24N2O6/c1-9(2)13(19)21-7-5-15-11(17)12(18)16-6-8-22-14(20)10(3)4/h9-10H,5-8H2,1-4H3,(H,15,17)(H,16,18). The lowest BCUT2D eigenvalue weighted by Crippen LogP contribution is -2.42. The van der Waals surface area contributed by atoms with Crippen LogP contribution in [0.2, 0.25) is 0 Å². The highest BCUT2D eigenvalue weighted by molar-refractivity contribution is 6.35. The van der Waals surface area contributed by atoms with E-state index in [0.717, 1.165) is 0 Å². The number of hydrogen-bond donors (Lipinski definition) is 2. The summed E-state index contributed by atoms with van der Waals surface area (Å²) < 4.78 is 9.68. The van der Waals surface area contributed by atoms with Crippen molar-refractivity contribution in [1.29, 1.82) is 0 Å². The van der Waals surface area contributed by atoms with Gasteiger partial charge in [-0.3, -0.25) is 19.2 Å². The summed E-state index contributed by atoms with van der Waals surface area (Å²) in [5, 5.41) is 4.62. The first kappa shape index (κ1) is 19.9. The van der Waals surface area contributed by atoms with Crippen LogP contribution in [0.1, 0.15) is 27.7 Å². The molecule has 0 radical (unpaired) electrons. The van der Waals surface area contributed by atoms with Gasteiger partial charge in [0.25, 0.3) is 0 Å². The van der Waals surface area contributed by atoms with E-state index in [2.05, 4.69) is 10.6 Å². The van der Waals surface area contributed by atoms with Gasteiger partial charge in [0, 0.05) is 0 Å². The number of amides is 2. The zero-order valence-electron chi connectivity index (χ0n) is 13.4. The maximum atomic E-state index is 11.4. The van der Waals surface area contributed by atoms with Crippen molar-refractivity contribution in [3.05, 3.63) is 0 Å². The van der Waals surface area contributed by atoms with Gasteiger partial charge in [-0.15, -0.1) is 0 Å². The monoisotopic (exact) mass is 316 g/mol. The Labute approximate surface area is 129 Å². The molecule has 0 aromatic carbocycles. The van der Waals surface area contributed by atoms with E-state index in [1.807, 2.05) is 0 Å². The molecule has 0 unspecified atom stereocenters.